The second-order valence-electron chi connectivity index (χ2n) is 4.81. The summed E-state index contributed by atoms with van der Waals surface area (Å²) in [6.07, 6.45) is 0.263. The molecule has 1 rings (SSSR count). The van der Waals surface area contributed by atoms with Gasteiger partial charge in [-0.05, 0) is 13.3 Å². The minimum Gasteiger partial charge on any atom is -0.481 e. The highest BCUT2D eigenvalue weighted by atomic mass is 16.5. The second kappa shape index (κ2) is 13.3. The first-order chi connectivity index (χ1) is 9.33. The average molecular weight is 294 g/mol. The Balaban J connectivity index is 0. The van der Waals surface area contributed by atoms with Crippen LogP contribution in [0, 0.1) is 0 Å². The van der Waals surface area contributed by atoms with E-state index in [4.69, 9.17) is 14.9 Å². The lowest BCUT2D eigenvalue weighted by molar-refractivity contribution is -0.174. The van der Waals surface area contributed by atoms with Gasteiger partial charge in [0.1, 0.15) is 12.2 Å². The van der Waals surface area contributed by atoms with Crippen LogP contribution in [-0.4, -0.2) is 57.4 Å². The molecule has 0 saturated carbocycles. The molecule has 1 aliphatic rings. The van der Waals surface area contributed by atoms with Crippen molar-refractivity contribution in [1.82, 2.24) is 0 Å². The van der Waals surface area contributed by atoms with Gasteiger partial charge in [0, 0.05) is 12.8 Å². The lowest BCUT2D eigenvalue weighted by Gasteiger charge is -2.34. The maximum absolute atomic E-state index is 9.60. The number of rotatable bonds is 3. The van der Waals surface area contributed by atoms with Crippen molar-refractivity contribution in [2.75, 3.05) is 6.61 Å². The predicted molar refractivity (Wildman–Crippen MR) is 76.6 cm³/mol. The van der Waals surface area contributed by atoms with Crippen molar-refractivity contribution in [3.63, 3.8) is 0 Å². The third-order valence-corrected chi connectivity index (χ3v) is 2.40. The lowest BCUT2D eigenvalue weighted by atomic mass is 9.99. The van der Waals surface area contributed by atoms with E-state index in [9.17, 15) is 15.0 Å². The topological polar surface area (TPSA) is 107 Å². The van der Waals surface area contributed by atoms with Crippen LogP contribution in [0.15, 0.2) is 0 Å². The maximum atomic E-state index is 9.60. The van der Waals surface area contributed by atoms with Gasteiger partial charge in [-0.3, -0.25) is 4.79 Å². The molecule has 122 valence electrons. The first kappa shape index (κ1) is 21.6. The molecule has 6 heteroatoms. The number of hydrogen-bond acceptors (Lipinski definition) is 5. The maximum Gasteiger partial charge on any atom is 0.303 e. The summed E-state index contributed by atoms with van der Waals surface area (Å²) < 4.78 is 5.16. The summed E-state index contributed by atoms with van der Waals surface area (Å²) in [6.45, 7) is 7.65. The summed E-state index contributed by atoms with van der Waals surface area (Å²) in [6, 6.07) is 0. The SMILES string of the molecule is CC1CC(O)C(O)C(CO)O1.CCC.CCCC(=O)O. The molecule has 0 aromatic heterocycles. The third-order valence-electron chi connectivity index (χ3n) is 2.40. The van der Waals surface area contributed by atoms with E-state index in [1.54, 1.807) is 6.92 Å². The van der Waals surface area contributed by atoms with Crippen LogP contribution in [-0.2, 0) is 9.53 Å². The van der Waals surface area contributed by atoms with Crippen LogP contribution in [0.1, 0.15) is 53.4 Å². The summed E-state index contributed by atoms with van der Waals surface area (Å²) in [7, 11) is 0. The van der Waals surface area contributed by atoms with E-state index in [1.165, 1.54) is 6.42 Å². The quantitative estimate of drug-likeness (QED) is 0.622. The molecule has 6 nitrogen and oxygen atoms in total. The highest BCUT2D eigenvalue weighted by Crippen LogP contribution is 2.19. The van der Waals surface area contributed by atoms with Crippen molar-refractivity contribution in [3.05, 3.63) is 0 Å². The molecule has 0 amide bonds. The van der Waals surface area contributed by atoms with Crippen LogP contribution in [0.4, 0.5) is 0 Å². The van der Waals surface area contributed by atoms with E-state index in [-0.39, 0.29) is 12.7 Å². The number of aliphatic carboxylic acids is 1. The van der Waals surface area contributed by atoms with Crippen molar-refractivity contribution in [2.24, 2.45) is 0 Å². The Hall–Kier alpha value is -0.690. The van der Waals surface area contributed by atoms with Gasteiger partial charge < -0.3 is 25.2 Å². The van der Waals surface area contributed by atoms with Crippen LogP contribution in [0.5, 0.6) is 0 Å². The van der Waals surface area contributed by atoms with E-state index < -0.39 is 24.3 Å². The highest BCUT2D eigenvalue weighted by Gasteiger charge is 2.34. The van der Waals surface area contributed by atoms with Crippen LogP contribution < -0.4 is 0 Å². The number of aliphatic hydroxyl groups excluding tert-OH is 3. The summed E-state index contributed by atoms with van der Waals surface area (Å²) in [4.78, 5) is 9.60. The van der Waals surface area contributed by atoms with Crippen molar-refractivity contribution in [1.29, 1.82) is 0 Å². The van der Waals surface area contributed by atoms with E-state index in [0.29, 0.717) is 12.8 Å². The van der Waals surface area contributed by atoms with Gasteiger partial charge in [-0.25, -0.2) is 0 Å². The van der Waals surface area contributed by atoms with Crippen LogP contribution in [0.25, 0.3) is 0 Å². The summed E-state index contributed by atoms with van der Waals surface area (Å²) in [5.41, 5.74) is 0. The molecule has 1 heterocycles. The molecule has 1 aliphatic heterocycles. The largest absolute Gasteiger partial charge is 0.481 e. The number of carbonyl (C=O) groups is 1. The number of aliphatic hydroxyl groups is 3. The molecule has 1 fully saturated rings. The Morgan fingerprint density at radius 1 is 1.25 bits per heavy atom. The van der Waals surface area contributed by atoms with Gasteiger partial charge >= 0.3 is 5.97 Å². The average Bonchev–Trinajstić information content (AvgIpc) is 2.35. The zero-order chi connectivity index (χ0) is 16.1. The Labute approximate surface area is 121 Å². The highest BCUT2D eigenvalue weighted by molar-refractivity contribution is 5.66. The zero-order valence-corrected chi connectivity index (χ0v) is 13.0. The van der Waals surface area contributed by atoms with Crippen LogP contribution in [0.3, 0.4) is 0 Å². The number of carboxylic acid groups (broad SMARTS) is 1. The summed E-state index contributed by atoms with van der Waals surface area (Å²) in [5, 5.41) is 35.0. The Bertz CT molecular complexity index is 234. The molecule has 0 spiro atoms. The lowest BCUT2D eigenvalue weighted by Crippen LogP contribution is -2.49. The normalized spacial score (nSPS) is 28.6. The molecule has 0 aliphatic carbocycles. The van der Waals surface area contributed by atoms with Crippen LogP contribution >= 0.6 is 0 Å². The van der Waals surface area contributed by atoms with Crippen molar-refractivity contribution < 1.29 is 30.0 Å². The fraction of sp³-hybridized carbons (Fsp3) is 0.929. The van der Waals surface area contributed by atoms with E-state index in [2.05, 4.69) is 13.8 Å². The first-order valence-electron chi connectivity index (χ1n) is 7.18. The minimum atomic E-state index is -0.948. The second-order valence-corrected chi connectivity index (χ2v) is 4.81. The van der Waals surface area contributed by atoms with Gasteiger partial charge in [0.2, 0.25) is 0 Å². The van der Waals surface area contributed by atoms with Gasteiger partial charge in [-0.1, -0.05) is 27.2 Å². The smallest absolute Gasteiger partial charge is 0.303 e. The van der Waals surface area contributed by atoms with E-state index >= 15 is 0 Å². The molecular weight excluding hydrogens is 264 g/mol. The van der Waals surface area contributed by atoms with Gasteiger partial charge in [0.15, 0.2) is 0 Å². The number of carboxylic acids is 1. The van der Waals surface area contributed by atoms with Crippen molar-refractivity contribution in [3.8, 4) is 0 Å². The molecule has 4 N–H and O–H groups in total. The third kappa shape index (κ3) is 11.2. The zero-order valence-electron chi connectivity index (χ0n) is 13.0. The molecule has 4 atom stereocenters. The summed E-state index contributed by atoms with van der Waals surface area (Å²) in [5.74, 6) is -0.711. The monoisotopic (exact) mass is 294 g/mol. The fourth-order valence-electron chi connectivity index (χ4n) is 1.53. The van der Waals surface area contributed by atoms with E-state index in [0.717, 1.165) is 6.42 Å². The minimum absolute atomic E-state index is 0.0921. The first-order valence-corrected chi connectivity index (χ1v) is 7.18. The van der Waals surface area contributed by atoms with Gasteiger partial charge in [0.25, 0.3) is 0 Å². The standard InChI is InChI=1S/C7H14O4.C4H8O2.C3H8/c1-4-2-5(9)7(10)6(3-8)11-4;1-2-3-4(5)6;1-3-2/h4-10H,2-3H2,1H3;2-3H2,1H3,(H,5,6);3H2,1-2H3. The molecule has 0 aromatic rings. The number of ether oxygens (including phenoxy) is 1. The molecule has 0 bridgehead atoms. The van der Waals surface area contributed by atoms with Gasteiger partial charge in [-0.2, -0.15) is 0 Å². The van der Waals surface area contributed by atoms with Gasteiger partial charge in [0.05, 0.1) is 18.8 Å². The molecule has 1 saturated heterocycles. The molecule has 0 radical (unpaired) electrons. The fourth-order valence-corrected chi connectivity index (χ4v) is 1.53. The molecule has 0 aromatic carbocycles. The van der Waals surface area contributed by atoms with Crippen molar-refractivity contribution in [2.45, 2.75) is 77.8 Å². The van der Waals surface area contributed by atoms with Crippen molar-refractivity contribution >= 4 is 5.97 Å². The molecule has 20 heavy (non-hydrogen) atoms. The predicted octanol–water partition coefficient (Wildman–Crippen LogP) is 1.17. The molecular formula is C14H30O6. The number of hydrogen-bond donors (Lipinski definition) is 4. The summed E-state index contributed by atoms with van der Waals surface area (Å²) >= 11 is 0. The van der Waals surface area contributed by atoms with Crippen LogP contribution in [0.2, 0.25) is 0 Å². The van der Waals surface area contributed by atoms with E-state index in [1.807, 2.05) is 6.92 Å². The molecule has 4 unspecified atom stereocenters. The Morgan fingerprint density at radius 3 is 2.05 bits per heavy atom. The Morgan fingerprint density at radius 2 is 1.75 bits per heavy atom. The Kier molecular flexibility index (Phi) is 14.4. The van der Waals surface area contributed by atoms with Gasteiger partial charge in [-0.15, -0.1) is 0 Å².